The fourth-order valence-corrected chi connectivity index (χ4v) is 15.4. The summed E-state index contributed by atoms with van der Waals surface area (Å²) >= 11 is 0. The van der Waals surface area contributed by atoms with E-state index in [1.807, 2.05) is 0 Å². The minimum Gasteiger partial charge on any atom is -0.309 e. The van der Waals surface area contributed by atoms with Crippen LogP contribution in [0.15, 0.2) is 309 Å². The molecule has 0 atom stereocenters. The highest BCUT2D eigenvalue weighted by Crippen LogP contribution is 2.44. The first-order chi connectivity index (χ1) is 44.7. The minimum atomic E-state index is 0.819. The fourth-order valence-electron chi connectivity index (χ4n) is 15.4. The first-order valence-electron chi connectivity index (χ1n) is 30.9. The van der Waals surface area contributed by atoms with Crippen LogP contribution in [0.4, 0.5) is 0 Å². The van der Waals surface area contributed by atoms with E-state index in [2.05, 4.69) is 337 Å². The number of hydrogen-bond acceptors (Lipinski definition) is 1. The molecule has 7 heteroatoms. The van der Waals surface area contributed by atoms with E-state index in [0.717, 1.165) is 89.1 Å². The predicted octanol–water partition coefficient (Wildman–Crippen LogP) is 21.3. The Morgan fingerprint density at radius 1 is 0.156 bits per heavy atom. The number of fused-ring (bicyclic) bond motifs is 18. The first-order valence-corrected chi connectivity index (χ1v) is 30.9. The Hall–Kier alpha value is -12.2. The molecule has 90 heavy (non-hydrogen) atoms. The van der Waals surface area contributed by atoms with Crippen molar-refractivity contribution >= 4 is 131 Å². The van der Waals surface area contributed by atoms with Gasteiger partial charge in [0.1, 0.15) is 11.6 Å². The molecule has 418 valence electrons. The lowest BCUT2D eigenvalue weighted by Crippen LogP contribution is -2.05. The number of nitrogens with zero attached hydrogens (tertiary/aromatic N) is 7. The maximum Gasteiger partial charge on any atom is 0.140 e. The third-order valence-corrected chi connectivity index (χ3v) is 19.2. The highest BCUT2D eigenvalue weighted by molar-refractivity contribution is 6.17. The van der Waals surface area contributed by atoms with Crippen molar-refractivity contribution in [3.63, 3.8) is 0 Å². The molecule has 0 aliphatic carbocycles. The van der Waals surface area contributed by atoms with E-state index >= 15 is 0 Å². The molecule has 0 saturated carbocycles. The van der Waals surface area contributed by atoms with Gasteiger partial charge in [-0.25, -0.2) is 4.98 Å². The standard InChI is InChI=1S/C83H51N7/c1-2-20-52(21-3-1)53-46-82(89-78-42-38-54(85-70-30-12-4-22-58(70)59-23-5-13-31-71(59)85)48-66(78)67-49-55(39-43-79(67)89)86-72-32-14-6-24-60(72)61-25-7-15-33-73(61)86)84-83(47-53)90-80-44-40-56(87-74-34-16-8-26-62(74)63-27-9-17-35-75(63)87)50-68(80)69-51-57(41-45-81(69)90)88-76-36-18-10-28-64(76)65-29-11-19-37-77(65)88/h1-51H. The molecule has 0 radical (unpaired) electrons. The first kappa shape index (κ1) is 49.0. The summed E-state index contributed by atoms with van der Waals surface area (Å²) in [6.45, 7) is 0. The van der Waals surface area contributed by atoms with Crippen LogP contribution in [0.25, 0.3) is 176 Å². The molecule has 0 fully saturated rings. The van der Waals surface area contributed by atoms with Gasteiger partial charge in [-0.3, -0.25) is 9.13 Å². The summed E-state index contributed by atoms with van der Waals surface area (Å²) in [6.07, 6.45) is 0. The Morgan fingerprint density at radius 2 is 0.367 bits per heavy atom. The van der Waals surface area contributed by atoms with Crippen molar-refractivity contribution in [3.05, 3.63) is 309 Å². The zero-order chi connectivity index (χ0) is 58.7. The summed E-state index contributed by atoms with van der Waals surface area (Å²) in [4.78, 5) is 5.97. The molecule has 7 aromatic heterocycles. The molecule has 13 aromatic carbocycles. The minimum absolute atomic E-state index is 0.819. The largest absolute Gasteiger partial charge is 0.309 e. The topological polar surface area (TPSA) is 42.5 Å². The summed E-state index contributed by atoms with van der Waals surface area (Å²) in [5.41, 5.74) is 20.2. The average molecular weight is 1150 g/mol. The Kier molecular flexibility index (Phi) is 10.2. The van der Waals surface area contributed by atoms with Crippen molar-refractivity contribution in [1.82, 2.24) is 32.4 Å². The van der Waals surface area contributed by atoms with Crippen LogP contribution in [0.2, 0.25) is 0 Å². The maximum absolute atomic E-state index is 5.97. The van der Waals surface area contributed by atoms with Crippen LogP contribution in [0.1, 0.15) is 0 Å². The lowest BCUT2D eigenvalue weighted by Gasteiger charge is -2.15. The number of pyridine rings is 1. The summed E-state index contributed by atoms with van der Waals surface area (Å²) in [5.74, 6) is 1.64. The molecule has 7 heterocycles. The quantitative estimate of drug-likeness (QED) is 0.157. The van der Waals surface area contributed by atoms with Gasteiger partial charge in [0.05, 0.1) is 66.2 Å². The van der Waals surface area contributed by atoms with Gasteiger partial charge in [-0.2, -0.15) is 0 Å². The van der Waals surface area contributed by atoms with E-state index in [4.69, 9.17) is 4.98 Å². The molecule has 0 N–H and O–H groups in total. The van der Waals surface area contributed by atoms with Crippen molar-refractivity contribution in [2.75, 3.05) is 0 Å². The van der Waals surface area contributed by atoms with Crippen LogP contribution in [-0.2, 0) is 0 Å². The molecule has 0 bridgehead atoms. The van der Waals surface area contributed by atoms with Crippen LogP contribution in [0, 0.1) is 0 Å². The van der Waals surface area contributed by atoms with E-state index in [1.54, 1.807) is 0 Å². The number of rotatable bonds is 7. The van der Waals surface area contributed by atoms with Crippen LogP contribution < -0.4 is 0 Å². The van der Waals surface area contributed by atoms with E-state index in [9.17, 15) is 0 Å². The smallest absolute Gasteiger partial charge is 0.140 e. The van der Waals surface area contributed by atoms with Crippen LogP contribution in [0.5, 0.6) is 0 Å². The number of para-hydroxylation sites is 8. The van der Waals surface area contributed by atoms with Crippen molar-refractivity contribution in [2.24, 2.45) is 0 Å². The molecular formula is C83H51N7. The van der Waals surface area contributed by atoms with Crippen molar-refractivity contribution < 1.29 is 0 Å². The highest BCUT2D eigenvalue weighted by atomic mass is 15.1. The van der Waals surface area contributed by atoms with E-state index < -0.39 is 0 Å². The van der Waals surface area contributed by atoms with Crippen molar-refractivity contribution in [1.29, 1.82) is 0 Å². The number of benzene rings is 13. The Bertz CT molecular complexity index is 5490. The second-order valence-electron chi connectivity index (χ2n) is 23.9. The monoisotopic (exact) mass is 1150 g/mol. The zero-order valence-corrected chi connectivity index (χ0v) is 48.6. The lowest BCUT2D eigenvalue weighted by atomic mass is 10.1. The van der Waals surface area contributed by atoms with Gasteiger partial charge in [0, 0.05) is 87.4 Å². The molecule has 0 amide bonds. The van der Waals surface area contributed by atoms with Gasteiger partial charge in [0.15, 0.2) is 0 Å². The maximum atomic E-state index is 5.97. The second kappa shape index (κ2) is 18.7. The molecule has 0 aliphatic rings. The SMILES string of the molecule is c1ccc(-c2cc(-n3c4ccc(-n5c6ccccc6c6ccccc65)cc4c4cc(-n5c6ccccc6c6ccccc65)ccc43)nc(-n3c4ccc(-n5c6ccccc6c6ccccc65)cc4c4cc(-n5c6ccccc6c6ccccc65)ccc43)c2)cc1. The highest BCUT2D eigenvalue weighted by Gasteiger charge is 2.24. The van der Waals surface area contributed by atoms with E-state index in [1.165, 1.54) is 87.2 Å². The average Bonchev–Trinajstić information content (AvgIpc) is 1.61. The lowest BCUT2D eigenvalue weighted by molar-refractivity contribution is 1.01. The van der Waals surface area contributed by atoms with Gasteiger partial charge in [-0.15, -0.1) is 0 Å². The molecule has 7 nitrogen and oxygen atoms in total. The van der Waals surface area contributed by atoms with Crippen LogP contribution in [-0.4, -0.2) is 32.4 Å². The number of hydrogen-bond donors (Lipinski definition) is 0. The Labute approximate surface area is 515 Å². The summed E-state index contributed by atoms with van der Waals surface area (Å²) in [6, 6.07) is 114. The molecule has 0 aliphatic heterocycles. The third kappa shape index (κ3) is 6.91. The molecular weight excluding hydrogens is 1090 g/mol. The van der Waals surface area contributed by atoms with Gasteiger partial charge < -0.3 is 18.3 Å². The van der Waals surface area contributed by atoms with Gasteiger partial charge >= 0.3 is 0 Å². The molecule has 20 aromatic rings. The normalized spacial score (nSPS) is 12.2. The van der Waals surface area contributed by atoms with Gasteiger partial charge in [0.2, 0.25) is 0 Å². The number of aromatic nitrogens is 7. The summed E-state index contributed by atoms with van der Waals surface area (Å²) < 4.78 is 14.5. The fraction of sp³-hybridized carbons (Fsp3) is 0. The van der Waals surface area contributed by atoms with Gasteiger partial charge in [0.25, 0.3) is 0 Å². The van der Waals surface area contributed by atoms with Gasteiger partial charge in [-0.05, 0) is 145 Å². The van der Waals surface area contributed by atoms with Gasteiger partial charge in [-0.1, -0.05) is 176 Å². The Balaban J connectivity index is 0.869. The molecule has 0 unspecified atom stereocenters. The Morgan fingerprint density at radius 3 is 0.611 bits per heavy atom. The molecule has 0 spiro atoms. The van der Waals surface area contributed by atoms with Crippen LogP contribution >= 0.6 is 0 Å². The van der Waals surface area contributed by atoms with E-state index in [0.29, 0.717) is 0 Å². The summed E-state index contributed by atoms with van der Waals surface area (Å²) in [7, 11) is 0. The van der Waals surface area contributed by atoms with Crippen molar-refractivity contribution in [2.45, 2.75) is 0 Å². The predicted molar refractivity (Wildman–Crippen MR) is 376 cm³/mol. The van der Waals surface area contributed by atoms with Crippen LogP contribution in [0.3, 0.4) is 0 Å². The van der Waals surface area contributed by atoms with E-state index in [-0.39, 0.29) is 0 Å². The summed E-state index contributed by atoms with van der Waals surface area (Å²) in [5, 5.41) is 14.4. The zero-order valence-electron chi connectivity index (χ0n) is 48.6. The molecule has 20 rings (SSSR count). The molecule has 0 saturated heterocycles. The second-order valence-corrected chi connectivity index (χ2v) is 23.9. The third-order valence-electron chi connectivity index (χ3n) is 19.2. The van der Waals surface area contributed by atoms with Crippen molar-refractivity contribution in [3.8, 4) is 45.5 Å².